The van der Waals surface area contributed by atoms with Crippen LogP contribution in [0.4, 0.5) is 0 Å². The molecule has 1 atom stereocenters. The van der Waals surface area contributed by atoms with Crippen molar-refractivity contribution in [3.8, 4) is 0 Å². The molecule has 1 fully saturated rings. The van der Waals surface area contributed by atoms with Gasteiger partial charge in [-0.1, -0.05) is 41.0 Å². The Morgan fingerprint density at radius 2 is 2.12 bits per heavy atom. The molecular formula is C12H10BCl2N3O5S. The van der Waals surface area contributed by atoms with E-state index in [-0.39, 0.29) is 27.1 Å². The number of halogens is 2. The maximum atomic E-state index is 11.5. The van der Waals surface area contributed by atoms with Crippen LogP contribution in [-0.4, -0.2) is 50.8 Å². The summed E-state index contributed by atoms with van der Waals surface area (Å²) in [6, 6.07) is 2.93. The molecule has 1 unspecified atom stereocenters. The van der Waals surface area contributed by atoms with Gasteiger partial charge in [-0.2, -0.15) is 5.10 Å². The maximum absolute atomic E-state index is 11.5. The summed E-state index contributed by atoms with van der Waals surface area (Å²) in [6.45, 7) is 0. The summed E-state index contributed by atoms with van der Waals surface area (Å²) < 4.78 is 0. The fourth-order valence-electron chi connectivity index (χ4n) is 1.81. The number of nitrogens with zero attached hydrogens (tertiary/aromatic N) is 2. The van der Waals surface area contributed by atoms with Crippen LogP contribution in [-0.2, 0) is 9.59 Å². The first-order chi connectivity index (χ1) is 11.3. The van der Waals surface area contributed by atoms with Crippen molar-refractivity contribution in [1.29, 1.82) is 0 Å². The third-order valence-electron chi connectivity index (χ3n) is 2.90. The Morgan fingerprint density at radius 3 is 2.75 bits per heavy atom. The number of amides is 1. The molecular weight excluding hydrogens is 380 g/mol. The van der Waals surface area contributed by atoms with E-state index in [9.17, 15) is 19.6 Å². The van der Waals surface area contributed by atoms with Gasteiger partial charge in [0.25, 0.3) is 0 Å². The first-order valence-electron chi connectivity index (χ1n) is 6.44. The fourth-order valence-corrected chi connectivity index (χ4v) is 3.34. The number of hydrogen-bond donors (Lipinski definition) is 4. The van der Waals surface area contributed by atoms with Crippen molar-refractivity contribution >= 4 is 70.8 Å². The number of thioether (sulfide) groups is 1. The highest BCUT2D eigenvalue weighted by atomic mass is 35.5. The summed E-state index contributed by atoms with van der Waals surface area (Å²) >= 11 is 12.8. The molecule has 1 aromatic rings. The van der Waals surface area contributed by atoms with Gasteiger partial charge in [0, 0.05) is 16.0 Å². The van der Waals surface area contributed by atoms with Crippen molar-refractivity contribution < 1.29 is 24.7 Å². The van der Waals surface area contributed by atoms with E-state index >= 15 is 0 Å². The summed E-state index contributed by atoms with van der Waals surface area (Å²) in [5.41, 5.74) is 0.282. The molecule has 0 bridgehead atoms. The number of carbonyl (C=O) groups is 2. The van der Waals surface area contributed by atoms with Crippen molar-refractivity contribution in [3.63, 3.8) is 0 Å². The van der Waals surface area contributed by atoms with Crippen molar-refractivity contribution in [2.45, 2.75) is 11.7 Å². The molecule has 1 aliphatic rings. The normalized spacial score (nSPS) is 19.1. The van der Waals surface area contributed by atoms with E-state index in [2.05, 4.69) is 15.5 Å². The Bertz CT molecular complexity index is 744. The Balaban J connectivity index is 2.14. The minimum Gasteiger partial charge on any atom is -0.481 e. The minimum absolute atomic E-state index is 0.00770. The van der Waals surface area contributed by atoms with Gasteiger partial charge in [-0.3, -0.25) is 9.59 Å². The highest BCUT2D eigenvalue weighted by Crippen LogP contribution is 2.22. The quantitative estimate of drug-likeness (QED) is 0.320. The molecule has 8 nitrogen and oxygen atoms in total. The summed E-state index contributed by atoms with van der Waals surface area (Å²) in [5, 5.41) is 36.6. The van der Waals surface area contributed by atoms with Gasteiger partial charge in [-0.05, 0) is 6.07 Å². The van der Waals surface area contributed by atoms with E-state index in [1.165, 1.54) is 18.3 Å². The average Bonchev–Trinajstić information content (AvgIpc) is 2.80. The molecule has 1 aromatic carbocycles. The first kappa shape index (κ1) is 18.7. The standard InChI is InChI=1S/C12H10BCl2N3O5S/c14-6-2-1-5(10(15)9(6)13(22)23)4-16-18-12-17-11(21)7(24-12)3-8(19)20/h1-2,4,7,22-23H,3H2,(H,19,20)(H,17,18,21). The molecule has 0 radical (unpaired) electrons. The SMILES string of the molecule is O=C(O)CC1SC(=NN=Cc2ccc(Cl)c(B(O)O)c2Cl)NC1=O. The van der Waals surface area contributed by atoms with Gasteiger partial charge in [0.2, 0.25) is 5.91 Å². The second-order valence-electron chi connectivity index (χ2n) is 4.58. The van der Waals surface area contributed by atoms with Crippen molar-refractivity contribution in [1.82, 2.24) is 5.32 Å². The highest BCUT2D eigenvalue weighted by Gasteiger charge is 2.32. The van der Waals surface area contributed by atoms with Gasteiger partial charge in [0.1, 0.15) is 5.25 Å². The monoisotopic (exact) mass is 389 g/mol. The largest absolute Gasteiger partial charge is 0.491 e. The number of rotatable bonds is 5. The average molecular weight is 390 g/mol. The van der Waals surface area contributed by atoms with Crippen LogP contribution < -0.4 is 10.8 Å². The van der Waals surface area contributed by atoms with Gasteiger partial charge >= 0.3 is 13.1 Å². The Morgan fingerprint density at radius 1 is 1.42 bits per heavy atom. The summed E-state index contributed by atoms with van der Waals surface area (Å²) in [4.78, 5) is 22.2. The second kappa shape index (κ2) is 7.99. The molecule has 24 heavy (non-hydrogen) atoms. The van der Waals surface area contributed by atoms with Crippen molar-refractivity contribution in [2.24, 2.45) is 10.2 Å². The molecule has 1 amide bonds. The molecule has 0 aromatic heterocycles. The number of hydrogen-bond acceptors (Lipinski definition) is 7. The van der Waals surface area contributed by atoms with Crippen LogP contribution in [0, 0.1) is 0 Å². The smallest absolute Gasteiger partial charge is 0.481 e. The molecule has 126 valence electrons. The number of aliphatic carboxylic acids is 1. The molecule has 0 aliphatic carbocycles. The van der Waals surface area contributed by atoms with Crippen LogP contribution in [0.3, 0.4) is 0 Å². The van der Waals surface area contributed by atoms with E-state index in [1.807, 2.05) is 0 Å². The molecule has 0 spiro atoms. The predicted molar refractivity (Wildman–Crippen MR) is 93.1 cm³/mol. The Labute approximate surface area is 150 Å². The zero-order valence-corrected chi connectivity index (χ0v) is 14.1. The van der Waals surface area contributed by atoms with E-state index < -0.39 is 24.2 Å². The van der Waals surface area contributed by atoms with Crippen LogP contribution in [0.2, 0.25) is 10.0 Å². The predicted octanol–water partition coefficient (Wildman–Crippen LogP) is 0.0694. The van der Waals surface area contributed by atoms with Crippen LogP contribution in [0.5, 0.6) is 0 Å². The van der Waals surface area contributed by atoms with E-state index in [0.717, 1.165) is 11.8 Å². The van der Waals surface area contributed by atoms with Gasteiger partial charge < -0.3 is 20.5 Å². The highest BCUT2D eigenvalue weighted by molar-refractivity contribution is 8.15. The first-order valence-corrected chi connectivity index (χ1v) is 8.07. The van der Waals surface area contributed by atoms with Gasteiger partial charge in [0.15, 0.2) is 5.17 Å². The summed E-state index contributed by atoms with van der Waals surface area (Å²) in [6.07, 6.45) is 0.925. The van der Waals surface area contributed by atoms with Crippen LogP contribution in [0.25, 0.3) is 0 Å². The van der Waals surface area contributed by atoms with Gasteiger partial charge in [-0.25, -0.2) is 0 Å². The zero-order chi connectivity index (χ0) is 17.9. The lowest BCUT2D eigenvalue weighted by atomic mass is 9.79. The lowest BCUT2D eigenvalue weighted by molar-refractivity contribution is -0.138. The topological polar surface area (TPSA) is 132 Å². The number of carboxylic acid groups (broad SMARTS) is 1. The third-order valence-corrected chi connectivity index (χ3v) is 4.72. The molecule has 12 heteroatoms. The minimum atomic E-state index is -1.84. The molecule has 1 aliphatic heterocycles. The maximum Gasteiger partial charge on any atom is 0.491 e. The molecule has 2 rings (SSSR count). The molecule has 0 saturated carbocycles. The Hall–Kier alpha value is -1.59. The fraction of sp³-hybridized carbons (Fsp3) is 0.167. The van der Waals surface area contributed by atoms with Crippen LogP contribution in [0.1, 0.15) is 12.0 Å². The van der Waals surface area contributed by atoms with E-state index in [0.29, 0.717) is 5.56 Å². The molecule has 1 saturated heterocycles. The van der Waals surface area contributed by atoms with Crippen molar-refractivity contribution in [3.05, 3.63) is 27.7 Å². The number of nitrogens with one attached hydrogen (secondary N) is 1. The zero-order valence-electron chi connectivity index (χ0n) is 11.8. The second-order valence-corrected chi connectivity index (χ2v) is 6.56. The lowest BCUT2D eigenvalue weighted by Gasteiger charge is -2.07. The summed E-state index contributed by atoms with van der Waals surface area (Å²) in [5.74, 6) is -1.54. The van der Waals surface area contributed by atoms with Crippen molar-refractivity contribution in [2.75, 3.05) is 0 Å². The van der Waals surface area contributed by atoms with Crippen LogP contribution in [0.15, 0.2) is 22.3 Å². The summed E-state index contributed by atoms with van der Waals surface area (Å²) in [7, 11) is -1.84. The lowest BCUT2D eigenvalue weighted by Crippen LogP contribution is -2.32. The van der Waals surface area contributed by atoms with Gasteiger partial charge in [-0.15, -0.1) is 5.10 Å². The Kier molecular flexibility index (Phi) is 6.24. The molecule has 1 heterocycles. The van der Waals surface area contributed by atoms with E-state index in [4.69, 9.17) is 28.3 Å². The van der Waals surface area contributed by atoms with Crippen LogP contribution >= 0.6 is 35.0 Å². The third kappa shape index (κ3) is 4.49. The molecule has 4 N–H and O–H groups in total. The number of carbonyl (C=O) groups excluding carboxylic acids is 1. The number of amidine groups is 1. The van der Waals surface area contributed by atoms with E-state index in [1.54, 1.807) is 0 Å². The van der Waals surface area contributed by atoms with Gasteiger partial charge in [0.05, 0.1) is 17.7 Å². The number of benzene rings is 1. The number of carboxylic acids is 1.